The highest BCUT2D eigenvalue weighted by Gasteiger charge is 2.29. The number of methoxy groups -OCH3 is 2. The standard InChI is InChI=1S/C18H24N4O3/c1-12-19-13(2)22(20-12)14-7-6-10-21(11-14)18(23)15-8-5-9-16(24-3)17(15)25-4/h5,8-9,14H,6-7,10-11H2,1-4H3/t14-/m0/s1. The highest BCUT2D eigenvalue weighted by molar-refractivity contribution is 5.97. The van der Waals surface area contributed by atoms with Crippen LogP contribution < -0.4 is 9.47 Å². The lowest BCUT2D eigenvalue weighted by molar-refractivity contribution is 0.0667. The average molecular weight is 344 g/mol. The molecule has 1 amide bonds. The summed E-state index contributed by atoms with van der Waals surface area (Å²) in [6.45, 7) is 5.17. The first-order chi connectivity index (χ1) is 12.0. The molecular formula is C18H24N4O3. The number of para-hydroxylation sites is 1. The number of hydrogen-bond acceptors (Lipinski definition) is 5. The summed E-state index contributed by atoms with van der Waals surface area (Å²) in [4.78, 5) is 19.3. The topological polar surface area (TPSA) is 69.5 Å². The lowest BCUT2D eigenvalue weighted by Crippen LogP contribution is -2.41. The first kappa shape index (κ1) is 17.3. The number of carbonyl (C=O) groups is 1. The average Bonchev–Trinajstić information content (AvgIpc) is 2.98. The fourth-order valence-electron chi connectivity index (χ4n) is 3.45. The van der Waals surface area contributed by atoms with Crippen LogP contribution in [-0.2, 0) is 0 Å². The Bertz CT molecular complexity index is 772. The van der Waals surface area contributed by atoms with Crippen molar-refractivity contribution in [1.82, 2.24) is 19.7 Å². The van der Waals surface area contributed by atoms with Gasteiger partial charge in [0.15, 0.2) is 11.5 Å². The smallest absolute Gasteiger partial charge is 0.257 e. The maximum atomic E-state index is 13.1. The first-order valence-electron chi connectivity index (χ1n) is 8.45. The zero-order valence-corrected chi connectivity index (χ0v) is 15.2. The maximum absolute atomic E-state index is 13.1. The predicted octanol–water partition coefficient (Wildman–Crippen LogP) is 2.39. The number of aromatic nitrogens is 3. The van der Waals surface area contributed by atoms with E-state index in [1.54, 1.807) is 32.4 Å². The van der Waals surface area contributed by atoms with E-state index >= 15 is 0 Å². The van der Waals surface area contributed by atoms with Gasteiger partial charge < -0.3 is 14.4 Å². The molecule has 1 aliphatic rings. The molecule has 1 fully saturated rings. The maximum Gasteiger partial charge on any atom is 0.257 e. The Morgan fingerprint density at radius 1 is 1.24 bits per heavy atom. The zero-order chi connectivity index (χ0) is 18.0. The third-order valence-electron chi connectivity index (χ3n) is 4.57. The molecular weight excluding hydrogens is 320 g/mol. The summed E-state index contributed by atoms with van der Waals surface area (Å²) in [5.41, 5.74) is 0.522. The molecule has 3 rings (SSSR count). The van der Waals surface area contributed by atoms with Crippen LogP contribution >= 0.6 is 0 Å². The van der Waals surface area contributed by atoms with Gasteiger partial charge in [-0.3, -0.25) is 4.79 Å². The number of carbonyl (C=O) groups excluding carboxylic acids is 1. The summed E-state index contributed by atoms with van der Waals surface area (Å²) < 4.78 is 12.7. The zero-order valence-electron chi connectivity index (χ0n) is 15.2. The molecule has 0 spiro atoms. The molecule has 1 saturated heterocycles. The van der Waals surface area contributed by atoms with Crippen molar-refractivity contribution in [3.05, 3.63) is 35.4 Å². The predicted molar refractivity (Wildman–Crippen MR) is 93.2 cm³/mol. The van der Waals surface area contributed by atoms with Crippen LogP contribution in [-0.4, -0.2) is 52.9 Å². The Kier molecular flexibility index (Phi) is 4.92. The molecule has 0 saturated carbocycles. The Labute approximate surface area is 147 Å². The van der Waals surface area contributed by atoms with Crippen molar-refractivity contribution in [2.45, 2.75) is 32.7 Å². The number of hydrogen-bond donors (Lipinski definition) is 0. The van der Waals surface area contributed by atoms with E-state index in [1.807, 2.05) is 23.4 Å². The van der Waals surface area contributed by atoms with Gasteiger partial charge in [0.25, 0.3) is 5.91 Å². The number of piperidine rings is 1. The van der Waals surface area contributed by atoms with Gasteiger partial charge in [0.05, 0.1) is 25.8 Å². The van der Waals surface area contributed by atoms with Gasteiger partial charge in [0.2, 0.25) is 0 Å². The molecule has 1 aliphatic heterocycles. The molecule has 134 valence electrons. The fourth-order valence-corrected chi connectivity index (χ4v) is 3.45. The molecule has 0 unspecified atom stereocenters. The number of ether oxygens (including phenoxy) is 2. The molecule has 7 nitrogen and oxygen atoms in total. The molecule has 0 aliphatic carbocycles. The summed E-state index contributed by atoms with van der Waals surface area (Å²) in [6, 6.07) is 5.52. The molecule has 0 radical (unpaired) electrons. The third kappa shape index (κ3) is 3.31. The monoisotopic (exact) mass is 344 g/mol. The van der Waals surface area contributed by atoms with E-state index < -0.39 is 0 Å². The van der Waals surface area contributed by atoms with Crippen molar-refractivity contribution in [2.75, 3.05) is 27.3 Å². The van der Waals surface area contributed by atoms with E-state index in [0.717, 1.165) is 31.0 Å². The summed E-state index contributed by atoms with van der Waals surface area (Å²) in [5, 5.41) is 4.48. The van der Waals surface area contributed by atoms with E-state index in [9.17, 15) is 4.79 Å². The van der Waals surface area contributed by atoms with Crippen molar-refractivity contribution in [3.8, 4) is 11.5 Å². The second kappa shape index (κ2) is 7.13. The van der Waals surface area contributed by atoms with Crippen molar-refractivity contribution >= 4 is 5.91 Å². The quantitative estimate of drug-likeness (QED) is 0.852. The van der Waals surface area contributed by atoms with E-state index in [-0.39, 0.29) is 11.9 Å². The van der Waals surface area contributed by atoms with Gasteiger partial charge in [0.1, 0.15) is 11.6 Å². The van der Waals surface area contributed by atoms with E-state index in [0.29, 0.717) is 23.6 Å². The van der Waals surface area contributed by atoms with Gasteiger partial charge in [-0.15, -0.1) is 0 Å². The molecule has 0 bridgehead atoms. The Morgan fingerprint density at radius 2 is 2.04 bits per heavy atom. The van der Waals surface area contributed by atoms with Crippen molar-refractivity contribution < 1.29 is 14.3 Å². The lowest BCUT2D eigenvalue weighted by Gasteiger charge is -2.33. The highest BCUT2D eigenvalue weighted by Crippen LogP contribution is 2.32. The molecule has 7 heteroatoms. The molecule has 25 heavy (non-hydrogen) atoms. The van der Waals surface area contributed by atoms with Gasteiger partial charge in [-0.05, 0) is 38.8 Å². The second-order valence-electron chi connectivity index (χ2n) is 6.24. The Hall–Kier alpha value is -2.57. The van der Waals surface area contributed by atoms with E-state index in [4.69, 9.17) is 9.47 Å². The van der Waals surface area contributed by atoms with Gasteiger partial charge in [-0.2, -0.15) is 5.10 Å². The van der Waals surface area contributed by atoms with Gasteiger partial charge >= 0.3 is 0 Å². The molecule has 2 heterocycles. The normalized spacial score (nSPS) is 17.4. The van der Waals surface area contributed by atoms with Crippen LogP contribution in [0.4, 0.5) is 0 Å². The number of likely N-dealkylation sites (tertiary alicyclic amines) is 1. The van der Waals surface area contributed by atoms with E-state index in [1.165, 1.54) is 0 Å². The van der Waals surface area contributed by atoms with Gasteiger partial charge in [-0.1, -0.05) is 6.07 Å². The van der Waals surface area contributed by atoms with Gasteiger partial charge in [-0.25, -0.2) is 9.67 Å². The van der Waals surface area contributed by atoms with Crippen molar-refractivity contribution in [1.29, 1.82) is 0 Å². The van der Waals surface area contributed by atoms with Crippen LogP contribution in [0.3, 0.4) is 0 Å². The number of amides is 1. The first-order valence-corrected chi connectivity index (χ1v) is 8.45. The minimum Gasteiger partial charge on any atom is -0.493 e. The van der Waals surface area contributed by atoms with Crippen LogP contribution in [0.25, 0.3) is 0 Å². The third-order valence-corrected chi connectivity index (χ3v) is 4.57. The Morgan fingerprint density at radius 3 is 2.68 bits per heavy atom. The number of benzene rings is 1. The van der Waals surface area contributed by atoms with Crippen LogP contribution in [0, 0.1) is 13.8 Å². The van der Waals surface area contributed by atoms with Crippen LogP contribution in [0.15, 0.2) is 18.2 Å². The second-order valence-corrected chi connectivity index (χ2v) is 6.24. The number of nitrogens with zero attached hydrogens (tertiary/aromatic N) is 4. The molecule has 1 atom stereocenters. The Balaban J connectivity index is 1.84. The highest BCUT2D eigenvalue weighted by atomic mass is 16.5. The largest absolute Gasteiger partial charge is 0.493 e. The molecule has 1 aromatic heterocycles. The number of aryl methyl sites for hydroxylation is 2. The SMILES string of the molecule is COc1cccc(C(=O)N2CCC[C@H](n3nc(C)nc3C)C2)c1OC. The molecule has 2 aromatic rings. The summed E-state index contributed by atoms with van der Waals surface area (Å²) in [6.07, 6.45) is 1.92. The minimum atomic E-state index is -0.0464. The summed E-state index contributed by atoms with van der Waals surface area (Å²) >= 11 is 0. The molecule has 0 N–H and O–H groups in total. The summed E-state index contributed by atoms with van der Waals surface area (Å²) in [7, 11) is 3.12. The van der Waals surface area contributed by atoms with Crippen molar-refractivity contribution in [3.63, 3.8) is 0 Å². The van der Waals surface area contributed by atoms with Crippen LogP contribution in [0.1, 0.15) is 40.9 Å². The molecule has 1 aromatic carbocycles. The van der Waals surface area contributed by atoms with Gasteiger partial charge in [0, 0.05) is 13.1 Å². The fraction of sp³-hybridized carbons (Fsp3) is 0.500. The minimum absolute atomic E-state index is 0.0464. The number of rotatable bonds is 4. The van der Waals surface area contributed by atoms with Crippen LogP contribution in [0.2, 0.25) is 0 Å². The van der Waals surface area contributed by atoms with Crippen molar-refractivity contribution in [2.24, 2.45) is 0 Å². The van der Waals surface area contributed by atoms with E-state index in [2.05, 4.69) is 10.1 Å². The summed E-state index contributed by atoms with van der Waals surface area (Å²) in [5.74, 6) is 2.63. The lowest BCUT2D eigenvalue weighted by atomic mass is 10.0. The van der Waals surface area contributed by atoms with Crippen LogP contribution in [0.5, 0.6) is 11.5 Å².